The van der Waals surface area contributed by atoms with Gasteiger partial charge in [-0.05, 0) is 30.9 Å². The first kappa shape index (κ1) is 10.9. The molecule has 3 nitrogen and oxygen atoms in total. The zero-order chi connectivity index (χ0) is 13.0. The lowest BCUT2D eigenvalue weighted by atomic mass is 10.0. The number of carboxylic acid groups (broad SMARTS) is 1. The highest BCUT2D eigenvalue weighted by Crippen LogP contribution is 2.55. The van der Waals surface area contributed by atoms with E-state index in [1.54, 1.807) is 6.08 Å². The van der Waals surface area contributed by atoms with Gasteiger partial charge in [0.2, 0.25) is 0 Å². The first-order valence-corrected chi connectivity index (χ1v) is 6.78. The van der Waals surface area contributed by atoms with Crippen LogP contribution in [-0.4, -0.2) is 15.6 Å². The van der Waals surface area contributed by atoms with E-state index in [9.17, 15) is 4.79 Å². The van der Waals surface area contributed by atoms with E-state index < -0.39 is 5.97 Å². The number of benzene rings is 1. The van der Waals surface area contributed by atoms with Crippen molar-refractivity contribution in [1.29, 1.82) is 0 Å². The van der Waals surface area contributed by atoms with Crippen LogP contribution in [0.1, 0.15) is 30.0 Å². The summed E-state index contributed by atoms with van der Waals surface area (Å²) in [7, 11) is 0. The third-order valence-corrected chi connectivity index (χ3v) is 4.44. The molecule has 2 aliphatic rings. The third kappa shape index (κ3) is 1.54. The minimum Gasteiger partial charge on any atom is -0.478 e. The zero-order valence-electron chi connectivity index (χ0n) is 10.5. The van der Waals surface area contributed by atoms with Crippen LogP contribution in [0.15, 0.2) is 30.3 Å². The summed E-state index contributed by atoms with van der Waals surface area (Å²) in [6.07, 6.45) is 5.56. The number of carboxylic acids is 1. The van der Waals surface area contributed by atoms with E-state index in [0.29, 0.717) is 5.92 Å². The number of hydrogen-bond acceptors (Lipinski definition) is 1. The van der Waals surface area contributed by atoms with Crippen molar-refractivity contribution < 1.29 is 9.90 Å². The molecule has 1 saturated carbocycles. The van der Waals surface area contributed by atoms with Crippen molar-refractivity contribution in [1.82, 2.24) is 4.57 Å². The quantitative estimate of drug-likeness (QED) is 0.835. The van der Waals surface area contributed by atoms with E-state index in [4.69, 9.17) is 5.11 Å². The van der Waals surface area contributed by atoms with E-state index in [-0.39, 0.29) is 0 Å². The molecule has 96 valence electrons. The Balaban J connectivity index is 1.99. The summed E-state index contributed by atoms with van der Waals surface area (Å²) in [5.74, 6) is 0.593. The predicted octanol–water partition coefficient (Wildman–Crippen LogP) is 3.25. The van der Waals surface area contributed by atoms with Gasteiger partial charge in [0.1, 0.15) is 0 Å². The lowest BCUT2D eigenvalue weighted by Gasteiger charge is -2.16. The van der Waals surface area contributed by atoms with Crippen LogP contribution in [0.5, 0.6) is 0 Å². The SMILES string of the molecule is O=C(O)/C=C/c1c2n(c3ccccc13)CCC1CC21. The van der Waals surface area contributed by atoms with Crippen LogP contribution in [0, 0.1) is 5.92 Å². The van der Waals surface area contributed by atoms with Gasteiger partial charge in [0.15, 0.2) is 0 Å². The van der Waals surface area contributed by atoms with Gasteiger partial charge < -0.3 is 9.67 Å². The average molecular weight is 253 g/mol. The van der Waals surface area contributed by atoms with Gasteiger partial charge in [-0.15, -0.1) is 0 Å². The molecule has 4 rings (SSSR count). The maximum atomic E-state index is 10.8. The fourth-order valence-corrected chi connectivity index (χ4v) is 3.52. The Morgan fingerprint density at radius 1 is 1.37 bits per heavy atom. The molecule has 19 heavy (non-hydrogen) atoms. The van der Waals surface area contributed by atoms with Gasteiger partial charge in [0.25, 0.3) is 0 Å². The molecule has 0 bridgehead atoms. The van der Waals surface area contributed by atoms with Gasteiger partial charge in [-0.2, -0.15) is 0 Å². The van der Waals surface area contributed by atoms with Crippen molar-refractivity contribution in [2.24, 2.45) is 5.92 Å². The summed E-state index contributed by atoms with van der Waals surface area (Å²) in [4.78, 5) is 10.8. The maximum absolute atomic E-state index is 10.8. The van der Waals surface area contributed by atoms with Gasteiger partial charge in [-0.3, -0.25) is 0 Å². The van der Waals surface area contributed by atoms with Gasteiger partial charge in [0.05, 0.1) is 0 Å². The normalized spacial score (nSPS) is 24.4. The number of aromatic nitrogens is 1. The minimum absolute atomic E-state index is 0.648. The van der Waals surface area contributed by atoms with Crippen molar-refractivity contribution in [3.8, 4) is 0 Å². The molecule has 2 unspecified atom stereocenters. The number of fused-ring (bicyclic) bond motifs is 5. The Kier molecular flexibility index (Phi) is 2.13. The van der Waals surface area contributed by atoms with E-state index in [1.807, 2.05) is 6.07 Å². The summed E-state index contributed by atoms with van der Waals surface area (Å²) in [5.41, 5.74) is 3.72. The topological polar surface area (TPSA) is 42.2 Å². The molecule has 1 aliphatic carbocycles. The lowest BCUT2D eigenvalue weighted by Crippen LogP contribution is -2.09. The molecule has 0 saturated heterocycles. The third-order valence-electron chi connectivity index (χ3n) is 4.44. The molecule has 3 heteroatoms. The largest absolute Gasteiger partial charge is 0.478 e. The highest BCUT2D eigenvalue weighted by Gasteiger charge is 2.44. The molecule has 0 amide bonds. The summed E-state index contributed by atoms with van der Waals surface area (Å²) in [5, 5.41) is 10.1. The maximum Gasteiger partial charge on any atom is 0.328 e. The van der Waals surface area contributed by atoms with Crippen LogP contribution >= 0.6 is 0 Å². The lowest BCUT2D eigenvalue weighted by molar-refractivity contribution is -0.131. The molecule has 1 N–H and O–H groups in total. The summed E-state index contributed by atoms with van der Waals surface area (Å²) in [6, 6.07) is 8.31. The molecule has 1 aromatic heterocycles. The Morgan fingerprint density at radius 2 is 2.21 bits per heavy atom. The zero-order valence-corrected chi connectivity index (χ0v) is 10.5. The van der Waals surface area contributed by atoms with Crippen LogP contribution < -0.4 is 0 Å². The van der Waals surface area contributed by atoms with Gasteiger partial charge in [0, 0.05) is 40.7 Å². The standard InChI is InChI=1S/C16H15NO2/c18-15(19)6-5-12-11-3-1-2-4-14(11)17-8-7-10-9-13(10)16(12)17/h1-6,10,13H,7-9H2,(H,18,19)/b6-5+. The second kappa shape index (κ2) is 3.73. The van der Waals surface area contributed by atoms with Crippen LogP contribution in [-0.2, 0) is 11.3 Å². The van der Waals surface area contributed by atoms with Crippen molar-refractivity contribution in [3.05, 3.63) is 41.6 Å². The molecule has 1 aromatic carbocycles. The average Bonchev–Trinajstić information content (AvgIpc) is 3.13. The van der Waals surface area contributed by atoms with E-state index >= 15 is 0 Å². The Morgan fingerprint density at radius 3 is 3.05 bits per heavy atom. The van der Waals surface area contributed by atoms with Gasteiger partial charge in [-0.25, -0.2) is 4.79 Å². The minimum atomic E-state index is -0.882. The van der Waals surface area contributed by atoms with Crippen molar-refractivity contribution in [2.75, 3.05) is 0 Å². The van der Waals surface area contributed by atoms with Gasteiger partial charge >= 0.3 is 5.97 Å². The number of aryl methyl sites for hydroxylation is 1. The number of rotatable bonds is 2. The monoisotopic (exact) mass is 253 g/mol. The molecular formula is C16H15NO2. The number of aliphatic carboxylic acids is 1. The first-order valence-electron chi connectivity index (χ1n) is 6.78. The van der Waals surface area contributed by atoms with Crippen LogP contribution in [0.3, 0.4) is 0 Å². The van der Waals surface area contributed by atoms with Crippen molar-refractivity contribution in [3.63, 3.8) is 0 Å². The molecule has 0 radical (unpaired) electrons. The fraction of sp³-hybridized carbons (Fsp3) is 0.312. The number of nitrogens with zero attached hydrogens (tertiary/aromatic N) is 1. The smallest absolute Gasteiger partial charge is 0.328 e. The molecule has 1 fully saturated rings. The molecule has 1 aliphatic heterocycles. The van der Waals surface area contributed by atoms with Crippen LogP contribution in [0.4, 0.5) is 0 Å². The summed E-state index contributed by atoms with van der Waals surface area (Å²) in [6.45, 7) is 1.07. The van der Waals surface area contributed by atoms with Crippen LogP contribution in [0.25, 0.3) is 17.0 Å². The van der Waals surface area contributed by atoms with Crippen molar-refractivity contribution in [2.45, 2.75) is 25.3 Å². The number of para-hydroxylation sites is 1. The second-order valence-electron chi connectivity index (χ2n) is 5.53. The van der Waals surface area contributed by atoms with E-state index in [0.717, 1.165) is 18.0 Å². The molecule has 2 atom stereocenters. The Labute approximate surface area is 111 Å². The van der Waals surface area contributed by atoms with E-state index in [1.165, 1.54) is 35.5 Å². The fourth-order valence-electron chi connectivity index (χ4n) is 3.52. The Hall–Kier alpha value is -2.03. The Bertz CT molecular complexity index is 711. The first-order chi connectivity index (χ1) is 9.25. The highest BCUT2D eigenvalue weighted by atomic mass is 16.4. The highest BCUT2D eigenvalue weighted by molar-refractivity contribution is 5.95. The molecular weight excluding hydrogens is 238 g/mol. The van der Waals surface area contributed by atoms with Crippen LogP contribution in [0.2, 0.25) is 0 Å². The number of carbonyl (C=O) groups is 1. The predicted molar refractivity (Wildman–Crippen MR) is 74.1 cm³/mol. The van der Waals surface area contributed by atoms with E-state index in [2.05, 4.69) is 22.8 Å². The van der Waals surface area contributed by atoms with Gasteiger partial charge in [-0.1, -0.05) is 18.2 Å². The molecule has 2 aromatic rings. The molecule has 0 spiro atoms. The second-order valence-corrected chi connectivity index (χ2v) is 5.53. The molecule has 2 heterocycles. The van der Waals surface area contributed by atoms with Crippen molar-refractivity contribution >= 4 is 22.9 Å². The number of hydrogen-bond donors (Lipinski definition) is 1. The summed E-state index contributed by atoms with van der Waals surface area (Å²) >= 11 is 0. The summed E-state index contributed by atoms with van der Waals surface area (Å²) < 4.78 is 2.39.